The summed E-state index contributed by atoms with van der Waals surface area (Å²) < 4.78 is 26.2. The monoisotopic (exact) mass is 458 g/mol. The van der Waals surface area contributed by atoms with E-state index in [4.69, 9.17) is 0 Å². The number of hydrogen-bond donors (Lipinski definition) is 1. The van der Waals surface area contributed by atoms with Gasteiger partial charge in [0.15, 0.2) is 0 Å². The highest BCUT2D eigenvalue weighted by Crippen LogP contribution is 2.21. The second-order valence-corrected chi connectivity index (χ2v) is 8.69. The number of anilines is 2. The summed E-state index contributed by atoms with van der Waals surface area (Å²) in [5.41, 5.74) is 3.18. The SMILES string of the molecule is Cc1cccc(NC(=O)CN(c2ccc(I)cc2)S(C)(=O)=O)c1C. The van der Waals surface area contributed by atoms with Gasteiger partial charge in [-0.3, -0.25) is 9.10 Å². The molecule has 5 nitrogen and oxygen atoms in total. The Morgan fingerprint density at radius 3 is 2.33 bits per heavy atom. The fourth-order valence-corrected chi connectivity index (χ4v) is 3.43. The number of hydrogen-bond acceptors (Lipinski definition) is 3. The lowest BCUT2D eigenvalue weighted by Crippen LogP contribution is -2.37. The zero-order valence-electron chi connectivity index (χ0n) is 13.7. The summed E-state index contributed by atoms with van der Waals surface area (Å²) >= 11 is 2.14. The first-order chi connectivity index (χ1) is 11.2. The van der Waals surface area contributed by atoms with Gasteiger partial charge < -0.3 is 5.32 Å². The van der Waals surface area contributed by atoms with Gasteiger partial charge in [-0.2, -0.15) is 0 Å². The molecule has 0 atom stereocenters. The van der Waals surface area contributed by atoms with Crippen molar-refractivity contribution in [2.45, 2.75) is 13.8 Å². The lowest BCUT2D eigenvalue weighted by molar-refractivity contribution is -0.114. The van der Waals surface area contributed by atoms with Gasteiger partial charge in [0.1, 0.15) is 6.54 Å². The Morgan fingerprint density at radius 2 is 1.75 bits per heavy atom. The fourth-order valence-electron chi connectivity index (χ4n) is 2.21. The molecule has 2 aromatic rings. The first kappa shape index (κ1) is 18.7. The number of benzene rings is 2. The van der Waals surface area contributed by atoms with Crippen molar-refractivity contribution in [1.29, 1.82) is 0 Å². The normalized spacial score (nSPS) is 11.2. The van der Waals surface area contributed by atoms with Gasteiger partial charge in [0, 0.05) is 9.26 Å². The van der Waals surface area contributed by atoms with E-state index in [9.17, 15) is 13.2 Å². The maximum absolute atomic E-state index is 12.4. The van der Waals surface area contributed by atoms with E-state index < -0.39 is 10.0 Å². The number of halogens is 1. The van der Waals surface area contributed by atoms with E-state index >= 15 is 0 Å². The zero-order chi connectivity index (χ0) is 17.9. The highest BCUT2D eigenvalue weighted by molar-refractivity contribution is 14.1. The molecule has 1 amide bonds. The Morgan fingerprint density at radius 1 is 1.12 bits per heavy atom. The molecule has 0 spiro atoms. The minimum atomic E-state index is -3.57. The Bertz CT molecular complexity index is 849. The molecular formula is C17H19IN2O3S. The highest BCUT2D eigenvalue weighted by Gasteiger charge is 2.21. The molecule has 0 aliphatic heterocycles. The Kier molecular flexibility index (Phi) is 5.87. The van der Waals surface area contributed by atoms with Gasteiger partial charge in [0.2, 0.25) is 15.9 Å². The molecule has 0 radical (unpaired) electrons. The summed E-state index contributed by atoms with van der Waals surface area (Å²) in [6.45, 7) is 3.60. The van der Waals surface area contributed by atoms with Crippen molar-refractivity contribution in [3.05, 3.63) is 57.2 Å². The number of nitrogens with one attached hydrogen (secondary N) is 1. The van der Waals surface area contributed by atoms with Crippen molar-refractivity contribution < 1.29 is 13.2 Å². The Hall–Kier alpha value is -1.61. The largest absolute Gasteiger partial charge is 0.324 e. The molecule has 0 unspecified atom stereocenters. The summed E-state index contributed by atoms with van der Waals surface area (Å²) in [4.78, 5) is 12.4. The summed E-state index contributed by atoms with van der Waals surface area (Å²) in [5.74, 6) is -0.382. The molecule has 7 heteroatoms. The number of rotatable bonds is 5. The van der Waals surface area contributed by atoms with E-state index in [1.807, 2.05) is 26.0 Å². The van der Waals surface area contributed by atoms with E-state index in [2.05, 4.69) is 27.9 Å². The van der Waals surface area contributed by atoms with Crippen LogP contribution in [0, 0.1) is 17.4 Å². The first-order valence-electron chi connectivity index (χ1n) is 7.28. The van der Waals surface area contributed by atoms with Crippen LogP contribution in [-0.4, -0.2) is 27.1 Å². The molecule has 2 aromatic carbocycles. The molecule has 128 valence electrons. The van der Waals surface area contributed by atoms with Crippen LogP contribution < -0.4 is 9.62 Å². The van der Waals surface area contributed by atoms with Crippen LogP contribution >= 0.6 is 22.6 Å². The van der Waals surface area contributed by atoms with Crippen molar-refractivity contribution in [2.75, 3.05) is 22.4 Å². The number of amides is 1. The third-order valence-corrected chi connectivity index (χ3v) is 5.54. The lowest BCUT2D eigenvalue weighted by Gasteiger charge is -2.22. The molecule has 0 bridgehead atoms. The van der Waals surface area contributed by atoms with Crippen molar-refractivity contribution in [2.24, 2.45) is 0 Å². The van der Waals surface area contributed by atoms with Gasteiger partial charge in [-0.1, -0.05) is 12.1 Å². The van der Waals surface area contributed by atoms with Crippen LogP contribution in [0.5, 0.6) is 0 Å². The van der Waals surface area contributed by atoms with Crippen LogP contribution in [0.2, 0.25) is 0 Å². The minimum absolute atomic E-state index is 0.271. The predicted molar refractivity (Wildman–Crippen MR) is 106 cm³/mol. The summed E-state index contributed by atoms with van der Waals surface area (Å²) in [7, 11) is -3.57. The van der Waals surface area contributed by atoms with E-state index in [-0.39, 0.29) is 12.5 Å². The predicted octanol–water partition coefficient (Wildman–Crippen LogP) is 3.31. The molecule has 0 aromatic heterocycles. The van der Waals surface area contributed by atoms with Gasteiger partial charge in [0.05, 0.1) is 11.9 Å². The number of carbonyl (C=O) groups excluding carboxylic acids is 1. The van der Waals surface area contributed by atoms with Crippen molar-refractivity contribution in [1.82, 2.24) is 0 Å². The van der Waals surface area contributed by atoms with Gasteiger partial charge in [0.25, 0.3) is 0 Å². The topological polar surface area (TPSA) is 66.5 Å². The van der Waals surface area contributed by atoms with Crippen LogP contribution in [0.4, 0.5) is 11.4 Å². The van der Waals surface area contributed by atoms with Crippen LogP contribution in [-0.2, 0) is 14.8 Å². The third kappa shape index (κ3) is 4.70. The van der Waals surface area contributed by atoms with Crippen LogP contribution in [0.25, 0.3) is 0 Å². The van der Waals surface area contributed by atoms with Crippen LogP contribution in [0.3, 0.4) is 0 Å². The molecule has 24 heavy (non-hydrogen) atoms. The quantitative estimate of drug-likeness (QED) is 0.700. The zero-order valence-corrected chi connectivity index (χ0v) is 16.7. The van der Waals surface area contributed by atoms with Crippen LogP contribution in [0.1, 0.15) is 11.1 Å². The van der Waals surface area contributed by atoms with Crippen molar-refractivity contribution >= 4 is 49.9 Å². The average Bonchev–Trinajstić information content (AvgIpc) is 2.49. The minimum Gasteiger partial charge on any atom is -0.324 e. The molecule has 1 N–H and O–H groups in total. The van der Waals surface area contributed by atoms with Gasteiger partial charge in [-0.25, -0.2) is 8.42 Å². The molecule has 0 fully saturated rings. The fraction of sp³-hybridized carbons (Fsp3) is 0.235. The highest BCUT2D eigenvalue weighted by atomic mass is 127. The van der Waals surface area contributed by atoms with Crippen molar-refractivity contribution in [3.63, 3.8) is 0 Å². The third-order valence-electron chi connectivity index (χ3n) is 3.68. The van der Waals surface area contributed by atoms with E-state index in [1.54, 1.807) is 30.3 Å². The van der Waals surface area contributed by atoms with E-state index in [0.29, 0.717) is 11.4 Å². The maximum Gasteiger partial charge on any atom is 0.245 e. The summed E-state index contributed by atoms with van der Waals surface area (Å²) in [6, 6.07) is 12.6. The average molecular weight is 458 g/mol. The van der Waals surface area contributed by atoms with Gasteiger partial charge >= 0.3 is 0 Å². The number of nitrogens with zero attached hydrogens (tertiary/aromatic N) is 1. The standard InChI is InChI=1S/C17H19IN2O3S/c1-12-5-4-6-16(13(12)2)19-17(21)11-20(24(3,22)23)15-9-7-14(18)8-10-15/h4-10H,11H2,1-3H3,(H,19,21). The molecule has 2 rings (SSSR count). The van der Waals surface area contributed by atoms with E-state index in [1.165, 1.54) is 0 Å². The molecule has 0 aliphatic rings. The first-order valence-corrected chi connectivity index (χ1v) is 10.2. The van der Waals surface area contributed by atoms with Gasteiger partial charge in [-0.15, -0.1) is 0 Å². The Labute approximate surface area is 156 Å². The second-order valence-electron chi connectivity index (χ2n) is 5.54. The van der Waals surface area contributed by atoms with Gasteiger partial charge in [-0.05, 0) is 77.9 Å². The summed E-state index contributed by atoms with van der Waals surface area (Å²) in [6.07, 6.45) is 1.09. The molecule has 0 saturated carbocycles. The summed E-state index contributed by atoms with van der Waals surface area (Å²) in [5, 5.41) is 2.79. The van der Waals surface area contributed by atoms with E-state index in [0.717, 1.165) is 25.3 Å². The number of aryl methyl sites for hydroxylation is 1. The number of carbonyl (C=O) groups is 1. The Balaban J connectivity index is 2.22. The molecule has 0 saturated heterocycles. The second kappa shape index (κ2) is 7.52. The molecule has 0 aliphatic carbocycles. The maximum atomic E-state index is 12.4. The lowest BCUT2D eigenvalue weighted by atomic mass is 10.1. The smallest absolute Gasteiger partial charge is 0.245 e. The molecule has 0 heterocycles. The molecular weight excluding hydrogens is 439 g/mol. The van der Waals surface area contributed by atoms with Crippen molar-refractivity contribution in [3.8, 4) is 0 Å². The van der Waals surface area contributed by atoms with Crippen LogP contribution in [0.15, 0.2) is 42.5 Å². The number of sulfonamides is 1.